The Balaban J connectivity index is 1.52. The van der Waals surface area contributed by atoms with Gasteiger partial charge in [0.1, 0.15) is 12.0 Å². The lowest BCUT2D eigenvalue weighted by molar-refractivity contribution is -0.140. The lowest BCUT2D eigenvalue weighted by atomic mass is 9.96. The zero-order valence-electron chi connectivity index (χ0n) is 15.6. The highest BCUT2D eigenvalue weighted by Gasteiger charge is 2.29. The molecule has 0 radical (unpaired) electrons. The normalized spacial score (nSPS) is 14.4. The summed E-state index contributed by atoms with van der Waals surface area (Å²) in [4.78, 5) is 38.0. The van der Waals surface area contributed by atoms with Gasteiger partial charge in [-0.25, -0.2) is 4.79 Å². The first-order valence-corrected chi connectivity index (χ1v) is 9.14. The Hall–Kier alpha value is -3.29. The van der Waals surface area contributed by atoms with E-state index in [-0.39, 0.29) is 24.4 Å². The predicted molar refractivity (Wildman–Crippen MR) is 100 cm³/mol. The molecule has 0 spiro atoms. The first-order valence-electron chi connectivity index (χ1n) is 9.14. The zero-order valence-corrected chi connectivity index (χ0v) is 15.6. The van der Waals surface area contributed by atoms with E-state index in [1.807, 2.05) is 0 Å². The lowest BCUT2D eigenvalue weighted by Gasteiger charge is -2.30. The van der Waals surface area contributed by atoms with Gasteiger partial charge in [-0.15, -0.1) is 0 Å². The number of anilines is 1. The van der Waals surface area contributed by atoms with Gasteiger partial charge in [-0.2, -0.15) is 0 Å². The standard InChI is InChI=1S/C20H22N2O6/c1-2-27-20(25)21-16-4-3-5-17(12-16)28-19(24)14-6-9-22(10-7-14)18(23)15-8-11-26-13-15/h3-5,8,11-14H,2,6-7,9-10H2,1H3,(H,21,25). The Morgan fingerprint density at radius 2 is 2.00 bits per heavy atom. The van der Waals surface area contributed by atoms with Gasteiger partial charge in [-0.1, -0.05) is 6.07 Å². The van der Waals surface area contributed by atoms with Crippen LogP contribution in [0.1, 0.15) is 30.1 Å². The summed E-state index contributed by atoms with van der Waals surface area (Å²) < 4.78 is 15.2. The molecule has 2 heterocycles. The summed E-state index contributed by atoms with van der Waals surface area (Å²) >= 11 is 0. The maximum atomic E-state index is 12.5. The fraction of sp³-hybridized carbons (Fsp3) is 0.350. The van der Waals surface area contributed by atoms with Crippen molar-refractivity contribution in [1.29, 1.82) is 0 Å². The number of esters is 1. The van der Waals surface area contributed by atoms with Crippen LogP contribution in [-0.2, 0) is 9.53 Å². The molecule has 1 fully saturated rings. The minimum atomic E-state index is -0.569. The number of carbonyl (C=O) groups excluding carboxylic acids is 3. The molecule has 8 heteroatoms. The summed E-state index contributed by atoms with van der Waals surface area (Å²) in [6, 6.07) is 8.18. The van der Waals surface area contributed by atoms with Crippen molar-refractivity contribution in [2.24, 2.45) is 5.92 Å². The number of hydrogen-bond donors (Lipinski definition) is 1. The van der Waals surface area contributed by atoms with Crippen LogP contribution in [0.5, 0.6) is 5.75 Å². The fourth-order valence-electron chi connectivity index (χ4n) is 3.01. The summed E-state index contributed by atoms with van der Waals surface area (Å²) in [6.07, 6.45) is 3.37. The van der Waals surface area contributed by atoms with Gasteiger partial charge in [0.05, 0.1) is 24.4 Å². The summed E-state index contributed by atoms with van der Waals surface area (Å²) in [7, 11) is 0. The number of benzene rings is 1. The second-order valence-corrected chi connectivity index (χ2v) is 6.37. The molecule has 8 nitrogen and oxygen atoms in total. The molecule has 1 N–H and O–H groups in total. The smallest absolute Gasteiger partial charge is 0.411 e. The molecular formula is C20H22N2O6. The fourth-order valence-corrected chi connectivity index (χ4v) is 3.01. The van der Waals surface area contributed by atoms with E-state index in [4.69, 9.17) is 13.9 Å². The number of nitrogens with one attached hydrogen (secondary N) is 1. The second kappa shape index (κ2) is 9.07. The molecule has 0 atom stereocenters. The Morgan fingerprint density at radius 3 is 2.68 bits per heavy atom. The maximum Gasteiger partial charge on any atom is 0.411 e. The molecule has 1 aromatic heterocycles. The van der Waals surface area contributed by atoms with Crippen LogP contribution >= 0.6 is 0 Å². The monoisotopic (exact) mass is 386 g/mol. The van der Waals surface area contributed by atoms with E-state index >= 15 is 0 Å². The van der Waals surface area contributed by atoms with Gasteiger partial charge in [-0.3, -0.25) is 14.9 Å². The summed E-state index contributed by atoms with van der Waals surface area (Å²) in [6.45, 7) is 2.94. The average molecular weight is 386 g/mol. The SMILES string of the molecule is CCOC(=O)Nc1cccc(OC(=O)C2CCN(C(=O)c3ccoc3)CC2)c1. The first-order chi connectivity index (χ1) is 13.6. The first kappa shape index (κ1) is 19.5. The highest BCUT2D eigenvalue weighted by molar-refractivity contribution is 5.94. The topological polar surface area (TPSA) is 98.1 Å². The van der Waals surface area contributed by atoms with E-state index in [1.54, 1.807) is 42.2 Å². The van der Waals surface area contributed by atoms with Gasteiger partial charge < -0.3 is 18.8 Å². The minimum absolute atomic E-state index is 0.0988. The quantitative estimate of drug-likeness (QED) is 0.625. The van der Waals surface area contributed by atoms with Crippen LogP contribution in [0.3, 0.4) is 0 Å². The second-order valence-electron chi connectivity index (χ2n) is 6.37. The summed E-state index contributed by atoms with van der Waals surface area (Å²) in [5.74, 6) is -0.381. The molecule has 1 aromatic carbocycles. The zero-order chi connectivity index (χ0) is 19.9. The van der Waals surface area contributed by atoms with Crippen molar-refractivity contribution >= 4 is 23.7 Å². The van der Waals surface area contributed by atoms with Crippen LogP contribution in [0.25, 0.3) is 0 Å². The average Bonchev–Trinajstić information content (AvgIpc) is 3.23. The molecule has 0 bridgehead atoms. The molecule has 1 aliphatic heterocycles. The van der Waals surface area contributed by atoms with E-state index in [9.17, 15) is 14.4 Å². The van der Waals surface area contributed by atoms with Gasteiger partial charge in [0.25, 0.3) is 5.91 Å². The molecule has 2 amide bonds. The van der Waals surface area contributed by atoms with Gasteiger partial charge in [0.15, 0.2) is 0 Å². The van der Waals surface area contributed by atoms with Crippen LogP contribution in [0, 0.1) is 5.92 Å². The van der Waals surface area contributed by atoms with E-state index < -0.39 is 6.09 Å². The van der Waals surface area contributed by atoms with Crippen LogP contribution in [0.4, 0.5) is 10.5 Å². The largest absolute Gasteiger partial charge is 0.472 e. The minimum Gasteiger partial charge on any atom is -0.472 e. The van der Waals surface area contributed by atoms with Crippen molar-refractivity contribution < 1.29 is 28.3 Å². The third-order valence-corrected chi connectivity index (χ3v) is 4.46. The van der Waals surface area contributed by atoms with Crippen LogP contribution in [0.15, 0.2) is 47.3 Å². The van der Waals surface area contributed by atoms with Crippen LogP contribution in [-0.4, -0.2) is 42.6 Å². The number of ether oxygens (including phenoxy) is 2. The number of hydrogen-bond acceptors (Lipinski definition) is 6. The number of rotatable bonds is 5. The predicted octanol–water partition coefficient (Wildman–Crippen LogP) is 3.31. The maximum absolute atomic E-state index is 12.5. The van der Waals surface area contributed by atoms with Gasteiger partial charge >= 0.3 is 12.1 Å². The van der Waals surface area contributed by atoms with E-state index in [0.717, 1.165) is 0 Å². The Bertz CT molecular complexity index is 825. The number of amides is 2. The lowest BCUT2D eigenvalue weighted by Crippen LogP contribution is -2.41. The van der Waals surface area contributed by atoms with Crippen molar-refractivity contribution in [3.63, 3.8) is 0 Å². The number of piperidine rings is 1. The highest BCUT2D eigenvalue weighted by atomic mass is 16.5. The number of carbonyl (C=O) groups is 3. The van der Waals surface area contributed by atoms with Crippen LogP contribution in [0.2, 0.25) is 0 Å². The summed E-state index contributed by atoms with van der Waals surface area (Å²) in [5.41, 5.74) is 0.983. The number of furan rings is 1. The molecule has 0 unspecified atom stereocenters. The third-order valence-electron chi connectivity index (χ3n) is 4.46. The highest BCUT2D eigenvalue weighted by Crippen LogP contribution is 2.23. The number of likely N-dealkylation sites (tertiary alicyclic amines) is 1. The Kier molecular flexibility index (Phi) is 6.31. The van der Waals surface area contributed by atoms with Crippen LogP contribution < -0.4 is 10.1 Å². The molecule has 2 aromatic rings. The van der Waals surface area contributed by atoms with Gasteiger partial charge in [0, 0.05) is 24.8 Å². The molecule has 28 heavy (non-hydrogen) atoms. The molecular weight excluding hydrogens is 364 g/mol. The van der Waals surface area contributed by atoms with Crippen molar-refractivity contribution in [1.82, 2.24) is 4.90 Å². The van der Waals surface area contributed by atoms with Crippen molar-refractivity contribution in [3.05, 3.63) is 48.4 Å². The Morgan fingerprint density at radius 1 is 1.21 bits per heavy atom. The molecule has 0 aliphatic carbocycles. The molecule has 3 rings (SSSR count). The molecule has 0 saturated carbocycles. The third kappa shape index (κ3) is 4.91. The summed E-state index contributed by atoms with van der Waals surface area (Å²) in [5, 5.41) is 2.56. The molecule has 148 valence electrons. The van der Waals surface area contributed by atoms with Gasteiger partial charge in [0.2, 0.25) is 0 Å². The van der Waals surface area contributed by atoms with Gasteiger partial charge in [-0.05, 0) is 38.0 Å². The van der Waals surface area contributed by atoms with E-state index in [2.05, 4.69) is 5.32 Å². The van der Waals surface area contributed by atoms with Crippen molar-refractivity contribution in [2.45, 2.75) is 19.8 Å². The van der Waals surface area contributed by atoms with E-state index in [1.165, 1.54) is 12.5 Å². The number of nitrogens with zero attached hydrogens (tertiary/aromatic N) is 1. The van der Waals surface area contributed by atoms with Crippen molar-refractivity contribution in [2.75, 3.05) is 25.0 Å². The molecule has 1 saturated heterocycles. The van der Waals surface area contributed by atoms with Crippen molar-refractivity contribution in [3.8, 4) is 5.75 Å². The Labute approximate surface area is 162 Å². The van der Waals surface area contributed by atoms with E-state index in [0.29, 0.717) is 42.9 Å². The molecule has 1 aliphatic rings.